The molecule has 0 aromatic heterocycles. The number of hydrogen-bond acceptors (Lipinski definition) is 4. The minimum atomic E-state index is -0.320. The fourth-order valence-corrected chi connectivity index (χ4v) is 2.66. The number of rotatable bonds is 9. The zero-order valence-electron chi connectivity index (χ0n) is 15.4. The third-order valence-electron chi connectivity index (χ3n) is 3.94. The number of ether oxygens (including phenoxy) is 2. The van der Waals surface area contributed by atoms with Crippen LogP contribution in [0.2, 0.25) is 5.02 Å². The summed E-state index contributed by atoms with van der Waals surface area (Å²) in [6, 6.07) is 12.5. The van der Waals surface area contributed by atoms with Gasteiger partial charge in [-0.2, -0.15) is 0 Å². The topological polar surface area (TPSA) is 76.7 Å². The summed E-state index contributed by atoms with van der Waals surface area (Å²) in [5.74, 6) is 0.464. The number of nitrogens with one attached hydrogen (secondary N) is 2. The Kier molecular flexibility index (Phi) is 7.95. The van der Waals surface area contributed by atoms with E-state index in [1.807, 2.05) is 12.1 Å². The van der Waals surface area contributed by atoms with Crippen LogP contribution in [0.1, 0.15) is 22.3 Å². The van der Waals surface area contributed by atoms with Gasteiger partial charge in [-0.15, -0.1) is 0 Å². The molecule has 144 valence electrons. The lowest BCUT2D eigenvalue weighted by Gasteiger charge is -2.13. The van der Waals surface area contributed by atoms with Crippen LogP contribution in [0.15, 0.2) is 42.5 Å². The minimum Gasteiger partial charge on any atom is -0.496 e. The van der Waals surface area contributed by atoms with E-state index in [4.69, 9.17) is 21.1 Å². The van der Waals surface area contributed by atoms with Gasteiger partial charge in [-0.1, -0.05) is 29.8 Å². The van der Waals surface area contributed by atoms with Crippen LogP contribution in [0.25, 0.3) is 0 Å². The molecule has 0 bridgehead atoms. The maximum Gasteiger partial charge on any atom is 0.258 e. The molecule has 2 N–H and O–H groups in total. The summed E-state index contributed by atoms with van der Waals surface area (Å²) in [6.07, 6.45) is 1.00. The maximum absolute atomic E-state index is 12.4. The monoisotopic (exact) mass is 390 g/mol. The summed E-state index contributed by atoms with van der Waals surface area (Å²) in [6.45, 7) is 0.634. The zero-order valence-corrected chi connectivity index (χ0v) is 16.1. The molecule has 6 nitrogen and oxygen atoms in total. The minimum absolute atomic E-state index is 0.0749. The number of aryl methyl sites for hydroxylation is 1. The Balaban J connectivity index is 1.75. The molecular formula is C20H23ClN2O4. The van der Waals surface area contributed by atoms with Gasteiger partial charge in [0.05, 0.1) is 14.2 Å². The molecule has 2 rings (SSSR count). The number of benzene rings is 2. The van der Waals surface area contributed by atoms with E-state index in [9.17, 15) is 9.59 Å². The van der Waals surface area contributed by atoms with Gasteiger partial charge >= 0.3 is 0 Å². The van der Waals surface area contributed by atoms with Crippen LogP contribution in [0.4, 0.5) is 0 Å². The van der Waals surface area contributed by atoms with Gasteiger partial charge in [0.1, 0.15) is 17.1 Å². The summed E-state index contributed by atoms with van der Waals surface area (Å²) in [7, 11) is 2.99. The van der Waals surface area contributed by atoms with E-state index in [1.165, 1.54) is 14.2 Å². The molecule has 0 aliphatic heterocycles. The molecule has 27 heavy (non-hydrogen) atoms. The first-order valence-corrected chi connectivity index (χ1v) is 8.93. The second-order valence-electron chi connectivity index (χ2n) is 5.77. The molecule has 0 unspecified atom stereocenters. The molecule has 0 radical (unpaired) electrons. The van der Waals surface area contributed by atoms with Gasteiger partial charge < -0.3 is 20.1 Å². The van der Waals surface area contributed by atoms with Gasteiger partial charge in [-0.25, -0.2) is 0 Å². The normalized spacial score (nSPS) is 10.2. The van der Waals surface area contributed by atoms with Crippen LogP contribution in [0.3, 0.4) is 0 Å². The van der Waals surface area contributed by atoms with Crippen LogP contribution >= 0.6 is 11.6 Å². The number of hydrogen-bond donors (Lipinski definition) is 2. The van der Waals surface area contributed by atoms with Crippen molar-refractivity contribution >= 4 is 23.4 Å². The predicted octanol–water partition coefficient (Wildman–Crippen LogP) is 2.84. The third kappa shape index (κ3) is 6.18. The smallest absolute Gasteiger partial charge is 0.258 e. The Morgan fingerprint density at radius 3 is 2.11 bits per heavy atom. The summed E-state index contributed by atoms with van der Waals surface area (Å²) in [5.41, 5.74) is 1.38. The first-order chi connectivity index (χ1) is 13.0. The number of carbonyl (C=O) groups excluding carboxylic acids is 2. The number of methoxy groups -OCH3 is 2. The van der Waals surface area contributed by atoms with Gasteiger partial charge in [0.15, 0.2) is 0 Å². The van der Waals surface area contributed by atoms with Crippen molar-refractivity contribution < 1.29 is 19.1 Å². The zero-order chi connectivity index (χ0) is 19.6. The largest absolute Gasteiger partial charge is 0.496 e. The lowest BCUT2D eigenvalue weighted by Crippen LogP contribution is -2.35. The van der Waals surface area contributed by atoms with Crippen molar-refractivity contribution in [3.63, 3.8) is 0 Å². The summed E-state index contributed by atoms with van der Waals surface area (Å²) in [4.78, 5) is 24.3. The van der Waals surface area contributed by atoms with E-state index in [0.717, 1.165) is 5.56 Å². The quantitative estimate of drug-likeness (QED) is 0.645. The first-order valence-electron chi connectivity index (χ1n) is 8.55. The Hall–Kier alpha value is -2.73. The van der Waals surface area contributed by atoms with E-state index in [0.29, 0.717) is 48.0 Å². The van der Waals surface area contributed by atoms with Gasteiger partial charge in [-0.05, 0) is 36.2 Å². The highest BCUT2D eigenvalue weighted by molar-refractivity contribution is 6.30. The average Bonchev–Trinajstić information content (AvgIpc) is 2.69. The molecule has 7 heteroatoms. The first kappa shape index (κ1) is 20.6. The number of carbonyl (C=O) groups is 2. The van der Waals surface area contributed by atoms with E-state index in [1.54, 1.807) is 30.3 Å². The standard InChI is InChI=1S/C20H23ClN2O4/c1-26-16-4-3-5-17(27-2)19(16)20(25)23-13-12-22-18(24)11-8-14-6-9-15(21)10-7-14/h3-7,9-10H,8,11-13H2,1-2H3,(H,22,24)(H,23,25). The predicted molar refractivity (Wildman–Crippen MR) is 105 cm³/mol. The van der Waals surface area contributed by atoms with Crippen molar-refractivity contribution in [2.75, 3.05) is 27.3 Å². The molecular weight excluding hydrogens is 368 g/mol. The molecule has 2 aromatic carbocycles. The second kappa shape index (κ2) is 10.4. The van der Waals surface area contributed by atoms with Crippen molar-refractivity contribution in [1.82, 2.24) is 10.6 Å². The molecule has 2 aromatic rings. The summed E-state index contributed by atoms with van der Waals surface area (Å²) >= 11 is 5.84. The molecule has 0 aliphatic carbocycles. The van der Waals surface area contributed by atoms with Crippen LogP contribution < -0.4 is 20.1 Å². The van der Waals surface area contributed by atoms with Gasteiger partial charge in [0.2, 0.25) is 5.91 Å². The van der Waals surface area contributed by atoms with Crippen molar-refractivity contribution in [2.24, 2.45) is 0 Å². The summed E-state index contributed by atoms with van der Waals surface area (Å²) in [5, 5.41) is 6.21. The van der Waals surface area contributed by atoms with Crippen molar-refractivity contribution in [2.45, 2.75) is 12.8 Å². The van der Waals surface area contributed by atoms with Gasteiger partial charge in [-0.3, -0.25) is 9.59 Å². The van der Waals surface area contributed by atoms with Crippen molar-refractivity contribution in [3.05, 3.63) is 58.6 Å². The molecule has 0 heterocycles. The highest BCUT2D eigenvalue weighted by Crippen LogP contribution is 2.27. The molecule has 0 fully saturated rings. The van der Waals surface area contributed by atoms with Gasteiger partial charge in [0, 0.05) is 24.5 Å². The third-order valence-corrected chi connectivity index (χ3v) is 4.19. The van der Waals surface area contributed by atoms with Crippen molar-refractivity contribution in [1.29, 1.82) is 0 Å². The van der Waals surface area contributed by atoms with Crippen LogP contribution in [0, 0.1) is 0 Å². The van der Waals surface area contributed by atoms with Crippen LogP contribution in [-0.2, 0) is 11.2 Å². The maximum atomic E-state index is 12.4. The van der Waals surface area contributed by atoms with Gasteiger partial charge in [0.25, 0.3) is 5.91 Å². The Bertz CT molecular complexity index is 756. The Morgan fingerprint density at radius 2 is 1.52 bits per heavy atom. The van der Waals surface area contributed by atoms with E-state index < -0.39 is 0 Å². The second-order valence-corrected chi connectivity index (χ2v) is 6.21. The van der Waals surface area contributed by atoms with E-state index in [2.05, 4.69) is 10.6 Å². The molecule has 0 saturated heterocycles. The Morgan fingerprint density at radius 1 is 0.926 bits per heavy atom. The number of amides is 2. The highest BCUT2D eigenvalue weighted by Gasteiger charge is 2.17. The lowest BCUT2D eigenvalue weighted by atomic mass is 10.1. The van der Waals surface area contributed by atoms with Crippen molar-refractivity contribution in [3.8, 4) is 11.5 Å². The SMILES string of the molecule is COc1cccc(OC)c1C(=O)NCCNC(=O)CCc1ccc(Cl)cc1. The van der Waals surface area contributed by atoms with Crippen LogP contribution in [-0.4, -0.2) is 39.1 Å². The number of halogens is 1. The van der Waals surface area contributed by atoms with Crippen LogP contribution in [0.5, 0.6) is 11.5 Å². The average molecular weight is 391 g/mol. The fourth-order valence-electron chi connectivity index (χ4n) is 2.54. The van der Waals surface area contributed by atoms with E-state index in [-0.39, 0.29) is 11.8 Å². The molecule has 0 spiro atoms. The highest BCUT2D eigenvalue weighted by atomic mass is 35.5. The Labute approximate surface area is 163 Å². The molecule has 0 saturated carbocycles. The molecule has 2 amide bonds. The molecule has 0 atom stereocenters. The van der Waals surface area contributed by atoms with E-state index >= 15 is 0 Å². The molecule has 0 aliphatic rings. The summed E-state index contributed by atoms with van der Waals surface area (Å²) < 4.78 is 10.4. The lowest BCUT2D eigenvalue weighted by molar-refractivity contribution is -0.121. The fraction of sp³-hybridized carbons (Fsp3) is 0.300.